The van der Waals surface area contributed by atoms with Crippen molar-refractivity contribution in [2.75, 3.05) is 40.5 Å². The molecule has 0 aliphatic carbocycles. The number of carbonyl (C=O) groups is 1. The molecule has 0 radical (unpaired) electrons. The highest BCUT2D eigenvalue weighted by Crippen LogP contribution is 2.37. The largest absolute Gasteiger partial charge is 0.493 e. The zero-order valence-corrected chi connectivity index (χ0v) is 16.9. The molecule has 0 unspecified atom stereocenters. The smallest absolute Gasteiger partial charge is 0.254 e. The van der Waals surface area contributed by atoms with Gasteiger partial charge >= 0.3 is 0 Å². The summed E-state index contributed by atoms with van der Waals surface area (Å²) in [6, 6.07) is 3.33. The normalized spacial score (nSPS) is 11.1. The van der Waals surface area contributed by atoms with Crippen LogP contribution in [-0.4, -0.2) is 51.3 Å². The fourth-order valence-electron chi connectivity index (χ4n) is 2.33. The van der Waals surface area contributed by atoms with Crippen molar-refractivity contribution in [2.45, 2.75) is 27.7 Å². The number of carbonyl (C=O) groups excluding carboxylic acids is 1. The zero-order chi connectivity index (χ0) is 19.0. The summed E-state index contributed by atoms with van der Waals surface area (Å²) < 4.78 is 16.2. The maximum Gasteiger partial charge on any atom is 0.254 e. The topological polar surface area (TPSA) is 48.0 Å². The maximum atomic E-state index is 12.9. The van der Waals surface area contributed by atoms with Crippen LogP contribution in [0.25, 0.3) is 0 Å². The summed E-state index contributed by atoms with van der Waals surface area (Å²) in [5.41, 5.74) is 0.482. The zero-order valence-electron chi connectivity index (χ0n) is 16.1. The average Bonchev–Trinajstić information content (AvgIpc) is 2.55. The molecule has 1 aromatic rings. The second kappa shape index (κ2) is 10.5. The van der Waals surface area contributed by atoms with Crippen molar-refractivity contribution in [3.63, 3.8) is 0 Å². The van der Waals surface area contributed by atoms with Gasteiger partial charge < -0.3 is 19.1 Å². The molecule has 1 rings (SSSR count). The van der Waals surface area contributed by atoms with Crippen LogP contribution in [0, 0.1) is 11.8 Å². The molecule has 0 spiro atoms. The molecule has 0 aromatic heterocycles. The van der Waals surface area contributed by atoms with E-state index in [9.17, 15) is 4.79 Å². The number of halogens is 1. The monoisotopic (exact) mass is 371 g/mol. The number of rotatable bonds is 10. The average molecular weight is 372 g/mol. The van der Waals surface area contributed by atoms with E-state index in [1.54, 1.807) is 31.3 Å². The fourth-order valence-corrected chi connectivity index (χ4v) is 2.60. The predicted octanol–water partition coefficient (Wildman–Crippen LogP) is 4.13. The molecule has 6 heteroatoms. The van der Waals surface area contributed by atoms with E-state index in [-0.39, 0.29) is 5.91 Å². The quantitative estimate of drug-likeness (QED) is 0.620. The molecule has 0 bridgehead atoms. The predicted molar refractivity (Wildman–Crippen MR) is 101 cm³/mol. The van der Waals surface area contributed by atoms with Gasteiger partial charge in [0.05, 0.1) is 25.3 Å². The van der Waals surface area contributed by atoms with E-state index in [1.165, 1.54) is 0 Å². The van der Waals surface area contributed by atoms with Gasteiger partial charge in [-0.05, 0) is 24.0 Å². The van der Waals surface area contributed by atoms with Gasteiger partial charge in [0.15, 0.2) is 11.5 Å². The van der Waals surface area contributed by atoms with Crippen LogP contribution < -0.4 is 9.47 Å². The highest BCUT2D eigenvalue weighted by atomic mass is 35.5. The van der Waals surface area contributed by atoms with E-state index < -0.39 is 0 Å². The van der Waals surface area contributed by atoms with Crippen LogP contribution in [0.15, 0.2) is 12.1 Å². The van der Waals surface area contributed by atoms with Gasteiger partial charge in [-0.1, -0.05) is 39.3 Å². The Kier molecular flexibility index (Phi) is 9.08. The second-order valence-electron chi connectivity index (χ2n) is 6.83. The lowest BCUT2D eigenvalue weighted by Gasteiger charge is -2.25. The SMILES string of the molecule is COCCN(CC(C)C)C(=O)c1cc(Cl)c(OCC(C)C)c(OC)c1. The Balaban J connectivity index is 3.09. The molecule has 1 amide bonds. The van der Waals surface area contributed by atoms with E-state index in [0.717, 1.165) is 0 Å². The number of nitrogens with zero attached hydrogens (tertiary/aromatic N) is 1. The van der Waals surface area contributed by atoms with Gasteiger partial charge in [-0.3, -0.25) is 4.79 Å². The third-order valence-corrected chi connectivity index (χ3v) is 3.76. The Labute approximate surface area is 156 Å². The molecular formula is C19H30ClNO4. The van der Waals surface area contributed by atoms with Gasteiger partial charge in [-0.15, -0.1) is 0 Å². The van der Waals surface area contributed by atoms with Crippen molar-refractivity contribution in [2.24, 2.45) is 11.8 Å². The van der Waals surface area contributed by atoms with Gasteiger partial charge in [0.2, 0.25) is 0 Å². The summed E-state index contributed by atoms with van der Waals surface area (Å²) in [7, 11) is 3.16. The molecule has 0 atom stereocenters. The first-order valence-corrected chi connectivity index (χ1v) is 8.96. The van der Waals surface area contributed by atoms with E-state index in [0.29, 0.717) is 60.2 Å². The first kappa shape index (κ1) is 21.6. The molecule has 0 N–H and O–H groups in total. The van der Waals surface area contributed by atoms with E-state index >= 15 is 0 Å². The van der Waals surface area contributed by atoms with Gasteiger partial charge in [0.1, 0.15) is 0 Å². The Morgan fingerprint density at radius 1 is 1.16 bits per heavy atom. The van der Waals surface area contributed by atoms with E-state index in [4.69, 9.17) is 25.8 Å². The van der Waals surface area contributed by atoms with E-state index in [2.05, 4.69) is 27.7 Å². The fraction of sp³-hybridized carbons (Fsp3) is 0.632. The molecule has 0 aliphatic rings. The third kappa shape index (κ3) is 6.75. The summed E-state index contributed by atoms with van der Waals surface area (Å²) in [6.07, 6.45) is 0. The summed E-state index contributed by atoms with van der Waals surface area (Å²) in [5, 5.41) is 0.375. The molecule has 0 aliphatic heterocycles. The summed E-state index contributed by atoms with van der Waals surface area (Å²) in [5.74, 6) is 1.56. The van der Waals surface area contributed by atoms with Crippen LogP contribution in [0.1, 0.15) is 38.1 Å². The van der Waals surface area contributed by atoms with Crippen molar-refractivity contribution in [1.29, 1.82) is 0 Å². The van der Waals surface area contributed by atoms with Crippen molar-refractivity contribution in [3.8, 4) is 11.5 Å². The molecule has 0 fully saturated rings. The number of benzene rings is 1. The molecule has 1 aromatic carbocycles. The van der Waals surface area contributed by atoms with Gasteiger partial charge in [0.25, 0.3) is 5.91 Å². The van der Waals surface area contributed by atoms with Crippen molar-refractivity contribution in [3.05, 3.63) is 22.7 Å². The number of amides is 1. The first-order chi connectivity index (χ1) is 11.8. The van der Waals surface area contributed by atoms with Crippen molar-refractivity contribution in [1.82, 2.24) is 4.90 Å². The Bertz CT molecular complexity index is 561. The molecule has 5 nitrogen and oxygen atoms in total. The first-order valence-electron chi connectivity index (χ1n) is 8.58. The van der Waals surface area contributed by atoms with E-state index in [1.807, 2.05) is 0 Å². The molecule has 142 valence electrons. The maximum absolute atomic E-state index is 12.9. The van der Waals surface area contributed by atoms with Gasteiger partial charge in [-0.25, -0.2) is 0 Å². The van der Waals surface area contributed by atoms with Crippen LogP contribution in [0.3, 0.4) is 0 Å². The molecule has 0 heterocycles. The number of hydrogen-bond donors (Lipinski definition) is 0. The van der Waals surface area contributed by atoms with Crippen molar-refractivity contribution >= 4 is 17.5 Å². The Morgan fingerprint density at radius 3 is 2.36 bits per heavy atom. The minimum atomic E-state index is -0.0960. The molecule has 0 saturated heterocycles. The number of ether oxygens (including phenoxy) is 3. The summed E-state index contributed by atoms with van der Waals surface area (Å²) in [4.78, 5) is 14.7. The van der Waals surface area contributed by atoms with Crippen LogP contribution >= 0.6 is 11.6 Å². The minimum absolute atomic E-state index is 0.0960. The second-order valence-corrected chi connectivity index (χ2v) is 7.24. The standard InChI is InChI=1S/C19H30ClNO4/c1-13(2)11-21(7-8-23-5)19(22)15-9-16(20)18(17(10-15)24-6)25-12-14(3)4/h9-10,13-14H,7-8,11-12H2,1-6H3. The van der Waals surface area contributed by atoms with Gasteiger partial charge in [-0.2, -0.15) is 0 Å². The third-order valence-electron chi connectivity index (χ3n) is 3.48. The Hall–Kier alpha value is -1.46. The number of hydrogen-bond acceptors (Lipinski definition) is 4. The van der Waals surface area contributed by atoms with Crippen LogP contribution in [0.2, 0.25) is 5.02 Å². The van der Waals surface area contributed by atoms with Gasteiger partial charge in [0, 0.05) is 25.8 Å². The highest BCUT2D eigenvalue weighted by Gasteiger charge is 2.21. The minimum Gasteiger partial charge on any atom is -0.493 e. The van der Waals surface area contributed by atoms with Crippen molar-refractivity contribution < 1.29 is 19.0 Å². The summed E-state index contributed by atoms with van der Waals surface area (Å²) >= 11 is 6.36. The van der Waals surface area contributed by atoms with Crippen LogP contribution in [-0.2, 0) is 4.74 Å². The lowest BCUT2D eigenvalue weighted by Crippen LogP contribution is -2.36. The lowest BCUT2D eigenvalue weighted by atomic mass is 10.1. The molecule has 25 heavy (non-hydrogen) atoms. The lowest BCUT2D eigenvalue weighted by molar-refractivity contribution is 0.0672. The molecular weight excluding hydrogens is 342 g/mol. The number of methoxy groups -OCH3 is 2. The summed E-state index contributed by atoms with van der Waals surface area (Å²) in [6.45, 7) is 10.4. The highest BCUT2D eigenvalue weighted by molar-refractivity contribution is 6.32. The Morgan fingerprint density at radius 2 is 1.84 bits per heavy atom. The van der Waals surface area contributed by atoms with Crippen LogP contribution in [0.4, 0.5) is 0 Å². The van der Waals surface area contributed by atoms with Crippen LogP contribution in [0.5, 0.6) is 11.5 Å². The molecule has 0 saturated carbocycles.